The maximum absolute atomic E-state index is 10.9. The van der Waals surface area contributed by atoms with E-state index in [2.05, 4.69) is 0 Å². The molecule has 0 aromatic heterocycles. The summed E-state index contributed by atoms with van der Waals surface area (Å²) in [5.41, 5.74) is 0. The maximum Gasteiger partial charge on any atom is 1.00 e. The van der Waals surface area contributed by atoms with Crippen molar-refractivity contribution < 1.29 is 56.6 Å². The van der Waals surface area contributed by atoms with E-state index in [0.29, 0.717) is 0 Å². The molecule has 1 atom stereocenters. The first-order valence-electron chi connectivity index (χ1n) is 1.78. The summed E-state index contributed by atoms with van der Waals surface area (Å²) in [5, 5.41) is 7.55. The van der Waals surface area contributed by atoms with Crippen molar-refractivity contribution in [3.8, 4) is 0 Å². The second kappa shape index (κ2) is 4.48. The Morgan fingerprint density at radius 2 is 1.50 bits per heavy atom. The zero-order valence-corrected chi connectivity index (χ0v) is 6.91. The Kier molecular flexibility index (Phi) is 5.92. The van der Waals surface area contributed by atoms with Gasteiger partial charge in [0, 0.05) is 6.43 Å². The number of aliphatic hydroxyl groups is 1. The molecule has 0 bridgehead atoms. The molecule has 0 aromatic carbocycles. The largest absolute Gasteiger partial charge is 1.00 e. The van der Waals surface area contributed by atoms with Gasteiger partial charge in [0.15, 0.2) is 0 Å². The van der Waals surface area contributed by atoms with Gasteiger partial charge in [-0.3, -0.25) is 0 Å². The molecule has 0 fully saturated rings. The van der Waals surface area contributed by atoms with Crippen LogP contribution in [0.15, 0.2) is 0 Å². The Morgan fingerprint density at radius 3 is 1.50 bits per heavy atom. The van der Waals surface area contributed by atoms with Crippen LogP contribution < -0.4 is 29.6 Å². The van der Waals surface area contributed by atoms with Gasteiger partial charge < -0.3 is 13.9 Å². The van der Waals surface area contributed by atoms with Gasteiger partial charge in [-0.15, -0.1) is 0 Å². The van der Waals surface area contributed by atoms with Gasteiger partial charge in [0.2, 0.25) is 0 Å². The van der Waals surface area contributed by atoms with Crippen LogP contribution in [0.3, 0.4) is 0 Å². The summed E-state index contributed by atoms with van der Waals surface area (Å²) >= 11 is 0. The summed E-state index contributed by atoms with van der Waals surface area (Å²) in [6, 6.07) is 0. The molecule has 0 aliphatic heterocycles. The molecule has 0 amide bonds. The van der Waals surface area contributed by atoms with Gasteiger partial charge in [0.05, 0.1) is 6.10 Å². The predicted octanol–water partition coefficient (Wildman–Crippen LogP) is -1.66. The quantitative estimate of drug-likeness (QED) is 0.285. The molecule has 7 heteroatoms. The van der Waals surface area contributed by atoms with Gasteiger partial charge in [-0.05, 0) is 0 Å². The van der Waals surface area contributed by atoms with Gasteiger partial charge in [-0.25, -0.2) is 0 Å². The molecule has 56 valence electrons. The normalized spacial score (nSPS) is 14.7. The van der Waals surface area contributed by atoms with E-state index in [1.165, 1.54) is 0 Å². The molecule has 0 aliphatic carbocycles. The number of rotatable bonds is 1. The van der Waals surface area contributed by atoms with Crippen LogP contribution >= 0.6 is 0 Å². The molecule has 0 aliphatic rings. The Morgan fingerprint density at radius 1 is 1.20 bits per heavy atom. The molecule has 1 unspecified atom stereocenters. The Labute approximate surface area is 75.5 Å². The van der Waals surface area contributed by atoms with E-state index in [-0.39, 0.29) is 29.6 Å². The zero-order chi connectivity index (χ0) is 7.65. The summed E-state index contributed by atoms with van der Waals surface area (Å²) < 4.78 is 54.6. The third-order valence-corrected chi connectivity index (χ3v) is 0.517. The van der Waals surface area contributed by atoms with Gasteiger partial charge in [0.25, 0.3) is 0 Å². The molecule has 0 saturated heterocycles. The van der Waals surface area contributed by atoms with Gasteiger partial charge in [-0.2, -0.15) is 13.2 Å². The maximum atomic E-state index is 10.9. The molecule has 10 heavy (non-hydrogen) atoms. The fraction of sp³-hybridized carbons (Fsp3) is 0.667. The van der Waals surface area contributed by atoms with Crippen molar-refractivity contribution >= 4 is 0 Å². The Hall–Kier alpha value is 0.610. The summed E-state index contributed by atoms with van der Waals surface area (Å²) in [4.78, 5) is 0. The first-order chi connectivity index (χ1) is 3.85. The monoisotopic (exact) mass is 172 g/mol. The van der Waals surface area contributed by atoms with Crippen molar-refractivity contribution in [1.29, 1.82) is 0 Å². The number of aliphatic hydroxyl groups excluding tert-OH is 1. The fourth-order valence-electron chi connectivity index (χ4n) is 0.124. The minimum atomic E-state index is -5.25. The number of alkyl halides is 3. The van der Waals surface area contributed by atoms with E-state index < -0.39 is 18.7 Å². The zero-order valence-electron chi connectivity index (χ0n) is 4.91. The van der Waals surface area contributed by atoms with Crippen LogP contribution in [0.25, 0.3) is 0 Å². The van der Waals surface area contributed by atoms with Gasteiger partial charge >= 0.3 is 35.7 Å². The van der Waals surface area contributed by atoms with Crippen molar-refractivity contribution in [3.63, 3.8) is 0 Å². The SMILES string of the molecule is OC([C-](F)F)C(F)(F)F.[Na+]. The fourth-order valence-corrected chi connectivity index (χ4v) is 0.124. The summed E-state index contributed by atoms with van der Waals surface area (Å²) in [6.45, 7) is 0. The van der Waals surface area contributed by atoms with E-state index in [0.717, 1.165) is 0 Å². The number of hydrogen-bond donors (Lipinski definition) is 1. The third-order valence-electron chi connectivity index (χ3n) is 0.517. The first kappa shape index (κ1) is 13.2. The van der Waals surface area contributed by atoms with Gasteiger partial charge in [0.1, 0.15) is 0 Å². The molecular weight excluding hydrogens is 170 g/mol. The average Bonchev–Trinajstić information content (AvgIpc) is 1.62. The summed E-state index contributed by atoms with van der Waals surface area (Å²) in [6.07, 6.45) is -11.9. The topological polar surface area (TPSA) is 20.2 Å². The summed E-state index contributed by atoms with van der Waals surface area (Å²) in [5.74, 6) is 0. The van der Waals surface area contributed by atoms with E-state index in [1.807, 2.05) is 0 Å². The standard InChI is InChI=1S/C3H2F5O.Na/c4-2(5)1(9)3(6,7)8;/h1,9H;/q-1;+1. The molecule has 0 heterocycles. The minimum Gasteiger partial charge on any atom is -0.418 e. The van der Waals surface area contributed by atoms with Crippen LogP contribution in [0.5, 0.6) is 0 Å². The Balaban J connectivity index is 0. The van der Waals surface area contributed by atoms with Gasteiger partial charge in [-0.1, -0.05) is 0 Å². The molecule has 0 rings (SSSR count). The van der Waals surface area contributed by atoms with Crippen LogP contribution in [0, 0.1) is 6.43 Å². The van der Waals surface area contributed by atoms with Crippen molar-refractivity contribution in [2.45, 2.75) is 12.3 Å². The predicted molar refractivity (Wildman–Crippen MR) is 17.5 cm³/mol. The van der Waals surface area contributed by atoms with Crippen LogP contribution in [-0.4, -0.2) is 17.4 Å². The molecule has 1 N–H and O–H groups in total. The second-order valence-corrected chi connectivity index (χ2v) is 1.23. The summed E-state index contributed by atoms with van der Waals surface area (Å²) in [7, 11) is 0. The molecular formula is C3H2F5NaO. The van der Waals surface area contributed by atoms with Crippen molar-refractivity contribution in [2.24, 2.45) is 0 Å². The van der Waals surface area contributed by atoms with Crippen LogP contribution in [0.2, 0.25) is 0 Å². The Bertz CT molecular complexity index is 91.4. The van der Waals surface area contributed by atoms with Crippen LogP contribution in [0.1, 0.15) is 0 Å². The van der Waals surface area contributed by atoms with Crippen molar-refractivity contribution in [1.82, 2.24) is 0 Å². The third kappa shape index (κ3) is 4.43. The smallest absolute Gasteiger partial charge is 0.418 e. The van der Waals surface area contributed by atoms with E-state index in [4.69, 9.17) is 5.11 Å². The van der Waals surface area contributed by atoms with E-state index in [9.17, 15) is 22.0 Å². The second-order valence-electron chi connectivity index (χ2n) is 1.23. The molecule has 1 nitrogen and oxygen atoms in total. The number of halogens is 5. The van der Waals surface area contributed by atoms with Crippen molar-refractivity contribution in [2.75, 3.05) is 0 Å². The van der Waals surface area contributed by atoms with Crippen LogP contribution in [-0.2, 0) is 0 Å². The van der Waals surface area contributed by atoms with E-state index in [1.54, 1.807) is 0 Å². The van der Waals surface area contributed by atoms with Crippen molar-refractivity contribution in [3.05, 3.63) is 6.43 Å². The first-order valence-corrected chi connectivity index (χ1v) is 1.78. The number of hydrogen-bond acceptors (Lipinski definition) is 1. The average molecular weight is 172 g/mol. The van der Waals surface area contributed by atoms with Crippen LogP contribution in [0.4, 0.5) is 22.0 Å². The minimum absolute atomic E-state index is 0. The van der Waals surface area contributed by atoms with E-state index >= 15 is 0 Å². The molecule has 0 radical (unpaired) electrons. The molecule has 0 aromatic rings. The molecule has 0 saturated carbocycles. The molecule has 0 spiro atoms.